The molecular formula is C26H35NO5. The molecule has 1 aromatic rings. The van der Waals surface area contributed by atoms with Crippen molar-refractivity contribution in [1.82, 2.24) is 0 Å². The Balaban J connectivity index is 1.08. The minimum Gasteiger partial charge on any atom is -0.446 e. The third-order valence-electron chi connectivity index (χ3n) is 8.58. The van der Waals surface area contributed by atoms with Gasteiger partial charge in [0.15, 0.2) is 0 Å². The molecule has 1 saturated heterocycles. The van der Waals surface area contributed by atoms with E-state index in [1.165, 1.54) is 37.7 Å². The number of nitrogens with one attached hydrogen (secondary N) is 1. The molecule has 4 bridgehead atoms. The Morgan fingerprint density at radius 2 is 1.78 bits per heavy atom. The van der Waals surface area contributed by atoms with E-state index >= 15 is 0 Å². The first-order chi connectivity index (χ1) is 15.6. The molecule has 5 saturated carbocycles. The predicted molar refractivity (Wildman–Crippen MR) is 119 cm³/mol. The van der Waals surface area contributed by atoms with Crippen molar-refractivity contribution in [3.8, 4) is 0 Å². The van der Waals surface area contributed by atoms with E-state index in [0.29, 0.717) is 18.3 Å². The quantitative estimate of drug-likeness (QED) is 0.584. The van der Waals surface area contributed by atoms with E-state index in [2.05, 4.69) is 24.4 Å². The monoisotopic (exact) mass is 441 g/mol. The Hall–Kier alpha value is -1.63. The lowest BCUT2D eigenvalue weighted by molar-refractivity contribution is -0.390. The van der Waals surface area contributed by atoms with Crippen molar-refractivity contribution in [2.75, 3.05) is 5.32 Å². The second kappa shape index (κ2) is 8.00. The van der Waals surface area contributed by atoms with Gasteiger partial charge in [-0.05, 0) is 80.9 Å². The summed E-state index contributed by atoms with van der Waals surface area (Å²) in [6.07, 6.45) is 10.7. The van der Waals surface area contributed by atoms with Gasteiger partial charge in [-0.15, -0.1) is 0 Å². The number of ether oxygens (including phenoxy) is 2. The molecule has 1 heterocycles. The normalized spacial score (nSPS) is 42.0. The molecule has 7 rings (SSSR count). The number of benzene rings is 1. The largest absolute Gasteiger partial charge is 0.446 e. The first-order valence-corrected chi connectivity index (χ1v) is 12.7. The molecule has 6 heteroatoms. The number of amides is 1. The van der Waals surface area contributed by atoms with Gasteiger partial charge in [-0.25, -0.2) is 4.79 Å². The Kier molecular flexibility index (Phi) is 5.23. The van der Waals surface area contributed by atoms with E-state index in [9.17, 15) is 4.79 Å². The van der Waals surface area contributed by atoms with Crippen molar-refractivity contribution in [1.29, 1.82) is 0 Å². The fraction of sp³-hybridized carbons (Fsp3) is 0.731. The van der Waals surface area contributed by atoms with Crippen LogP contribution in [0, 0.1) is 23.7 Å². The van der Waals surface area contributed by atoms with Crippen molar-refractivity contribution >= 4 is 11.8 Å². The second-order valence-electron chi connectivity index (χ2n) is 10.9. The lowest BCUT2D eigenvalue weighted by Crippen LogP contribution is -2.59. The zero-order chi connectivity index (χ0) is 21.8. The summed E-state index contributed by atoms with van der Waals surface area (Å²) in [5, 5.41) is 2.86. The molecule has 2 spiro atoms. The van der Waals surface area contributed by atoms with Crippen LogP contribution in [-0.2, 0) is 25.7 Å². The average Bonchev–Trinajstić information content (AvgIpc) is 3.12. The van der Waals surface area contributed by atoms with Gasteiger partial charge < -0.3 is 9.47 Å². The van der Waals surface area contributed by atoms with Crippen molar-refractivity contribution in [3.05, 3.63) is 29.8 Å². The van der Waals surface area contributed by atoms with Gasteiger partial charge >= 0.3 is 6.09 Å². The van der Waals surface area contributed by atoms with E-state index in [-0.39, 0.29) is 6.10 Å². The van der Waals surface area contributed by atoms with Gasteiger partial charge in [0.05, 0.1) is 0 Å². The minimum absolute atomic E-state index is 0.237. The lowest BCUT2D eigenvalue weighted by Gasteiger charge is -2.57. The molecule has 1 aliphatic heterocycles. The maximum Gasteiger partial charge on any atom is 0.411 e. The molecule has 0 aromatic heterocycles. The fourth-order valence-electron chi connectivity index (χ4n) is 7.37. The third kappa shape index (κ3) is 3.64. The highest BCUT2D eigenvalue weighted by Crippen LogP contribution is 2.63. The van der Waals surface area contributed by atoms with Crippen LogP contribution in [0.15, 0.2) is 24.3 Å². The predicted octanol–water partition coefficient (Wildman–Crippen LogP) is 5.96. The summed E-state index contributed by atoms with van der Waals surface area (Å²) >= 11 is 0. The Labute approximate surface area is 190 Å². The van der Waals surface area contributed by atoms with Gasteiger partial charge in [0.25, 0.3) is 0 Å². The van der Waals surface area contributed by atoms with Gasteiger partial charge in [0.2, 0.25) is 11.6 Å². The van der Waals surface area contributed by atoms with Crippen molar-refractivity contribution in [2.45, 2.75) is 95.2 Å². The Morgan fingerprint density at radius 3 is 2.47 bits per heavy atom. The number of rotatable bonds is 4. The number of hydrogen-bond acceptors (Lipinski definition) is 5. The molecule has 6 aliphatic rings. The highest BCUT2D eigenvalue weighted by atomic mass is 17.3. The standard InChI is InChI=1S/C26H35NO5/c1-2-4-17-6-8-22(9-7-17)27-24(28)29-23-5-3-10-25(16-23)30-26(32-31-25)20-12-18-11-19(14-20)15-21(26)13-18/h6-9,18-21,23H,2-5,10-16H2,1H3,(H,27,28). The summed E-state index contributed by atoms with van der Waals surface area (Å²) < 4.78 is 12.6. The van der Waals surface area contributed by atoms with Crippen LogP contribution in [0.5, 0.6) is 0 Å². The van der Waals surface area contributed by atoms with Crippen LogP contribution < -0.4 is 5.32 Å². The molecule has 1 aromatic carbocycles. The van der Waals surface area contributed by atoms with Crippen LogP contribution in [0.25, 0.3) is 0 Å². The van der Waals surface area contributed by atoms with E-state index in [4.69, 9.17) is 19.2 Å². The molecule has 5 aliphatic carbocycles. The molecule has 174 valence electrons. The number of anilines is 1. The molecule has 2 unspecified atom stereocenters. The van der Waals surface area contributed by atoms with Gasteiger partial charge in [-0.2, -0.15) is 9.78 Å². The van der Waals surface area contributed by atoms with Crippen LogP contribution in [0.2, 0.25) is 0 Å². The molecule has 1 amide bonds. The zero-order valence-corrected chi connectivity index (χ0v) is 19.0. The van der Waals surface area contributed by atoms with Crippen LogP contribution in [0.3, 0.4) is 0 Å². The number of carbonyl (C=O) groups excluding carboxylic acids is 1. The maximum atomic E-state index is 12.5. The van der Waals surface area contributed by atoms with Crippen molar-refractivity contribution in [3.63, 3.8) is 0 Å². The summed E-state index contributed by atoms with van der Waals surface area (Å²) in [6.45, 7) is 2.16. The second-order valence-corrected chi connectivity index (χ2v) is 10.9. The molecule has 1 N–H and O–H groups in total. The first-order valence-electron chi connectivity index (χ1n) is 12.7. The summed E-state index contributed by atoms with van der Waals surface area (Å²) in [6, 6.07) is 7.97. The van der Waals surface area contributed by atoms with Gasteiger partial charge in [-0.1, -0.05) is 25.5 Å². The summed E-state index contributed by atoms with van der Waals surface area (Å²) in [4.78, 5) is 24.6. The highest BCUT2D eigenvalue weighted by Gasteiger charge is 2.67. The molecule has 6 fully saturated rings. The van der Waals surface area contributed by atoms with E-state index in [1.54, 1.807) is 0 Å². The topological polar surface area (TPSA) is 66.0 Å². The summed E-state index contributed by atoms with van der Waals surface area (Å²) in [7, 11) is 0. The molecule has 6 nitrogen and oxygen atoms in total. The Bertz CT molecular complexity index is 826. The van der Waals surface area contributed by atoms with Crippen molar-refractivity contribution < 1.29 is 24.0 Å². The molecular weight excluding hydrogens is 406 g/mol. The first kappa shape index (κ1) is 20.9. The van der Waals surface area contributed by atoms with Gasteiger partial charge in [0.1, 0.15) is 6.10 Å². The smallest absolute Gasteiger partial charge is 0.411 e. The van der Waals surface area contributed by atoms with Crippen LogP contribution in [-0.4, -0.2) is 23.8 Å². The van der Waals surface area contributed by atoms with E-state index in [1.807, 2.05) is 12.1 Å². The summed E-state index contributed by atoms with van der Waals surface area (Å²) in [5.74, 6) is 1.22. The third-order valence-corrected chi connectivity index (χ3v) is 8.58. The number of carbonyl (C=O) groups is 1. The van der Waals surface area contributed by atoms with E-state index < -0.39 is 17.7 Å². The fourth-order valence-corrected chi connectivity index (χ4v) is 7.37. The average molecular weight is 442 g/mol. The highest BCUT2D eigenvalue weighted by molar-refractivity contribution is 5.84. The number of hydrogen-bond donors (Lipinski definition) is 1. The van der Waals surface area contributed by atoms with Gasteiger partial charge in [-0.3, -0.25) is 5.32 Å². The van der Waals surface area contributed by atoms with Crippen LogP contribution >= 0.6 is 0 Å². The SMILES string of the molecule is CCCc1ccc(NC(=O)OC2CCCC3(C2)OOC2(O3)C3CC4CC(C3)CC2C4)cc1. The molecule has 0 radical (unpaired) electrons. The van der Waals surface area contributed by atoms with Crippen molar-refractivity contribution in [2.24, 2.45) is 23.7 Å². The van der Waals surface area contributed by atoms with Crippen LogP contribution in [0.1, 0.15) is 76.7 Å². The Morgan fingerprint density at radius 1 is 1.06 bits per heavy atom. The lowest BCUT2D eigenvalue weighted by atomic mass is 9.53. The van der Waals surface area contributed by atoms with Gasteiger partial charge in [0, 0.05) is 30.4 Å². The van der Waals surface area contributed by atoms with E-state index in [0.717, 1.165) is 49.6 Å². The molecule has 2 atom stereocenters. The maximum absolute atomic E-state index is 12.5. The zero-order valence-electron chi connectivity index (χ0n) is 19.0. The minimum atomic E-state index is -0.777. The van der Waals surface area contributed by atoms with Crippen LogP contribution in [0.4, 0.5) is 10.5 Å². The number of aryl methyl sites for hydroxylation is 1. The molecule has 32 heavy (non-hydrogen) atoms. The summed E-state index contributed by atoms with van der Waals surface area (Å²) in [5.41, 5.74) is 2.03.